The Morgan fingerprint density at radius 1 is 1.00 bits per heavy atom. The zero-order valence-electron chi connectivity index (χ0n) is 16.7. The summed E-state index contributed by atoms with van der Waals surface area (Å²) < 4.78 is 0. The predicted octanol–water partition coefficient (Wildman–Crippen LogP) is 3.23. The molecule has 0 saturated heterocycles. The second-order valence-corrected chi connectivity index (χ2v) is 7.38. The number of carbonyl (C=O) groups is 3. The molecule has 3 rings (SSSR count). The maximum atomic E-state index is 12.8. The van der Waals surface area contributed by atoms with Crippen molar-refractivity contribution in [3.63, 3.8) is 0 Å². The van der Waals surface area contributed by atoms with Gasteiger partial charge in [-0.2, -0.15) is 0 Å². The molecule has 0 fully saturated rings. The Bertz CT molecular complexity index is 883. The van der Waals surface area contributed by atoms with E-state index in [9.17, 15) is 14.4 Å². The molecular formula is C22H26N4O3. The monoisotopic (exact) mass is 394 g/mol. The van der Waals surface area contributed by atoms with Gasteiger partial charge in [-0.15, -0.1) is 0 Å². The van der Waals surface area contributed by atoms with E-state index < -0.39 is 6.03 Å². The highest BCUT2D eigenvalue weighted by atomic mass is 16.2. The number of benzene rings is 2. The molecule has 1 aliphatic rings. The van der Waals surface area contributed by atoms with E-state index in [4.69, 9.17) is 0 Å². The fourth-order valence-electron chi connectivity index (χ4n) is 3.13. The fraction of sp³-hybridized carbons (Fsp3) is 0.318. The maximum Gasteiger partial charge on any atom is 0.326 e. The van der Waals surface area contributed by atoms with Gasteiger partial charge in [0.15, 0.2) is 0 Å². The zero-order chi connectivity index (χ0) is 20.8. The van der Waals surface area contributed by atoms with Gasteiger partial charge in [-0.1, -0.05) is 44.2 Å². The van der Waals surface area contributed by atoms with Crippen LogP contribution in [0.1, 0.15) is 20.3 Å². The van der Waals surface area contributed by atoms with Crippen LogP contribution in [0.15, 0.2) is 54.6 Å². The summed E-state index contributed by atoms with van der Waals surface area (Å²) in [4.78, 5) is 40.7. The van der Waals surface area contributed by atoms with Crippen LogP contribution in [0.5, 0.6) is 0 Å². The van der Waals surface area contributed by atoms with E-state index in [0.29, 0.717) is 29.5 Å². The Hall–Kier alpha value is -3.35. The minimum absolute atomic E-state index is 0.0674. The van der Waals surface area contributed by atoms with Gasteiger partial charge in [0, 0.05) is 12.2 Å². The minimum Gasteiger partial charge on any atom is -0.355 e. The van der Waals surface area contributed by atoms with E-state index in [1.54, 1.807) is 36.4 Å². The molecule has 2 aromatic carbocycles. The summed E-state index contributed by atoms with van der Waals surface area (Å²) in [5.41, 5.74) is 1.79. The van der Waals surface area contributed by atoms with Crippen LogP contribution in [-0.4, -0.2) is 37.5 Å². The van der Waals surface area contributed by atoms with Crippen molar-refractivity contribution in [2.45, 2.75) is 20.3 Å². The van der Waals surface area contributed by atoms with Crippen LogP contribution in [-0.2, 0) is 9.59 Å². The Kier molecular flexibility index (Phi) is 6.49. The molecule has 152 valence electrons. The van der Waals surface area contributed by atoms with Crippen molar-refractivity contribution in [1.82, 2.24) is 5.32 Å². The summed E-state index contributed by atoms with van der Waals surface area (Å²) in [6.45, 7) is 4.56. The standard InChI is InChI=1S/C22H26N4O3/c1-16(2)12-13-23-20(27)14-25-18-10-6-7-11-19(18)26(15-21(25)28)22(29)24-17-8-4-3-5-9-17/h3-11,16H,12-15H2,1-2H3,(H,23,27)(H,24,29). The van der Waals surface area contributed by atoms with Crippen LogP contribution >= 0.6 is 0 Å². The SMILES string of the molecule is CC(C)CCNC(=O)CN1C(=O)CN(C(=O)Nc2ccccc2)c2ccccc21. The van der Waals surface area contributed by atoms with Crippen LogP contribution < -0.4 is 20.4 Å². The highest BCUT2D eigenvalue weighted by Gasteiger charge is 2.33. The maximum absolute atomic E-state index is 12.8. The second-order valence-electron chi connectivity index (χ2n) is 7.38. The summed E-state index contributed by atoms with van der Waals surface area (Å²) in [5, 5.41) is 5.66. The van der Waals surface area contributed by atoms with Crippen molar-refractivity contribution < 1.29 is 14.4 Å². The number of amides is 4. The van der Waals surface area contributed by atoms with Gasteiger partial charge in [0.1, 0.15) is 13.1 Å². The minimum atomic E-state index is -0.391. The topological polar surface area (TPSA) is 81.8 Å². The molecule has 7 nitrogen and oxygen atoms in total. The van der Waals surface area contributed by atoms with E-state index in [1.807, 2.05) is 18.2 Å². The highest BCUT2D eigenvalue weighted by molar-refractivity contribution is 6.14. The molecule has 0 bridgehead atoms. The van der Waals surface area contributed by atoms with Gasteiger partial charge in [0.05, 0.1) is 11.4 Å². The van der Waals surface area contributed by atoms with Crippen LogP contribution in [0.3, 0.4) is 0 Å². The zero-order valence-corrected chi connectivity index (χ0v) is 16.7. The van der Waals surface area contributed by atoms with E-state index >= 15 is 0 Å². The number of urea groups is 1. The summed E-state index contributed by atoms with van der Waals surface area (Å²) >= 11 is 0. The molecule has 2 N–H and O–H groups in total. The number of rotatable bonds is 6. The normalized spacial score (nSPS) is 13.3. The summed E-state index contributed by atoms with van der Waals surface area (Å²) in [5.74, 6) is -0.0220. The van der Waals surface area contributed by atoms with E-state index in [0.717, 1.165) is 6.42 Å². The average molecular weight is 394 g/mol. The average Bonchev–Trinajstić information content (AvgIpc) is 2.70. The molecule has 0 unspecified atom stereocenters. The molecular weight excluding hydrogens is 368 g/mol. The molecule has 29 heavy (non-hydrogen) atoms. The molecule has 0 saturated carbocycles. The Morgan fingerprint density at radius 3 is 2.34 bits per heavy atom. The lowest BCUT2D eigenvalue weighted by molar-refractivity contribution is -0.123. The van der Waals surface area contributed by atoms with Crippen molar-refractivity contribution in [3.05, 3.63) is 54.6 Å². The Labute approximate surface area is 170 Å². The van der Waals surface area contributed by atoms with Gasteiger partial charge in [-0.05, 0) is 36.6 Å². The number of para-hydroxylation sites is 3. The molecule has 0 radical (unpaired) electrons. The van der Waals surface area contributed by atoms with Crippen molar-refractivity contribution in [2.24, 2.45) is 5.92 Å². The number of nitrogens with one attached hydrogen (secondary N) is 2. The van der Waals surface area contributed by atoms with Crippen LogP contribution in [0, 0.1) is 5.92 Å². The summed E-state index contributed by atoms with van der Waals surface area (Å²) in [6.07, 6.45) is 0.879. The second kappa shape index (κ2) is 9.23. The number of hydrogen-bond donors (Lipinski definition) is 2. The fourth-order valence-corrected chi connectivity index (χ4v) is 3.13. The Morgan fingerprint density at radius 2 is 1.66 bits per heavy atom. The lowest BCUT2D eigenvalue weighted by Gasteiger charge is -2.35. The molecule has 0 atom stereocenters. The summed E-state index contributed by atoms with van der Waals surface area (Å²) in [6, 6.07) is 15.8. The molecule has 0 aliphatic carbocycles. The number of hydrogen-bond acceptors (Lipinski definition) is 3. The van der Waals surface area contributed by atoms with E-state index in [2.05, 4.69) is 24.5 Å². The first-order chi connectivity index (χ1) is 14.0. The summed E-state index contributed by atoms with van der Waals surface area (Å²) in [7, 11) is 0. The third-order valence-electron chi connectivity index (χ3n) is 4.67. The number of nitrogens with zero attached hydrogens (tertiary/aromatic N) is 2. The van der Waals surface area contributed by atoms with Crippen LogP contribution in [0.25, 0.3) is 0 Å². The van der Waals surface area contributed by atoms with Gasteiger partial charge in [-0.3, -0.25) is 19.4 Å². The molecule has 0 spiro atoms. The first-order valence-corrected chi connectivity index (χ1v) is 9.75. The van der Waals surface area contributed by atoms with Gasteiger partial charge >= 0.3 is 6.03 Å². The van der Waals surface area contributed by atoms with Crippen molar-refractivity contribution in [3.8, 4) is 0 Å². The van der Waals surface area contributed by atoms with Crippen LogP contribution in [0.4, 0.5) is 21.9 Å². The van der Waals surface area contributed by atoms with E-state index in [1.165, 1.54) is 9.80 Å². The highest BCUT2D eigenvalue weighted by Crippen LogP contribution is 2.33. The van der Waals surface area contributed by atoms with E-state index in [-0.39, 0.29) is 24.9 Å². The van der Waals surface area contributed by atoms with Gasteiger partial charge in [0.25, 0.3) is 0 Å². The largest absolute Gasteiger partial charge is 0.355 e. The van der Waals surface area contributed by atoms with Crippen LogP contribution in [0.2, 0.25) is 0 Å². The van der Waals surface area contributed by atoms with Gasteiger partial charge < -0.3 is 10.6 Å². The predicted molar refractivity (Wildman–Crippen MR) is 114 cm³/mol. The van der Waals surface area contributed by atoms with Crippen molar-refractivity contribution >= 4 is 34.9 Å². The molecule has 7 heteroatoms. The quantitative estimate of drug-likeness (QED) is 0.789. The Balaban J connectivity index is 1.74. The number of fused-ring (bicyclic) bond motifs is 1. The van der Waals surface area contributed by atoms with Crippen molar-refractivity contribution in [2.75, 3.05) is 34.8 Å². The molecule has 1 aliphatic heterocycles. The molecule has 4 amide bonds. The lowest BCUT2D eigenvalue weighted by atomic mass is 10.1. The number of carbonyl (C=O) groups excluding carboxylic acids is 3. The smallest absolute Gasteiger partial charge is 0.326 e. The molecule has 2 aromatic rings. The first kappa shape index (κ1) is 20.4. The molecule has 1 heterocycles. The lowest BCUT2D eigenvalue weighted by Crippen LogP contribution is -2.52. The van der Waals surface area contributed by atoms with Gasteiger partial charge in [0.2, 0.25) is 11.8 Å². The van der Waals surface area contributed by atoms with Crippen molar-refractivity contribution in [1.29, 1.82) is 0 Å². The third-order valence-corrected chi connectivity index (χ3v) is 4.67. The van der Waals surface area contributed by atoms with Gasteiger partial charge in [-0.25, -0.2) is 4.79 Å². The first-order valence-electron chi connectivity index (χ1n) is 9.75. The molecule has 0 aromatic heterocycles. The number of anilines is 3. The third kappa shape index (κ3) is 5.13.